The summed E-state index contributed by atoms with van der Waals surface area (Å²) in [6, 6.07) is 0.939. The minimum absolute atomic E-state index is 0.387. The molecule has 0 bridgehead atoms. The fourth-order valence-corrected chi connectivity index (χ4v) is 3.40. The average molecular weight is 329 g/mol. The van der Waals surface area contributed by atoms with Crippen LogP contribution in [0.3, 0.4) is 0 Å². The van der Waals surface area contributed by atoms with Crippen molar-refractivity contribution in [2.24, 2.45) is 0 Å². The van der Waals surface area contributed by atoms with Crippen LogP contribution >= 0.6 is 0 Å². The van der Waals surface area contributed by atoms with Crippen molar-refractivity contribution in [2.75, 3.05) is 18.0 Å². The summed E-state index contributed by atoms with van der Waals surface area (Å²) in [7, 11) is 0. The normalized spacial score (nSPS) is 17.2. The molecule has 2 aromatic heterocycles. The van der Waals surface area contributed by atoms with E-state index in [9.17, 15) is 0 Å². The number of aromatic nitrogens is 5. The zero-order chi connectivity index (χ0) is 16.8. The summed E-state index contributed by atoms with van der Waals surface area (Å²) in [5.74, 6) is 1.13. The van der Waals surface area contributed by atoms with Gasteiger partial charge in [0.15, 0.2) is 0 Å². The van der Waals surface area contributed by atoms with Gasteiger partial charge >= 0.3 is 0 Å². The van der Waals surface area contributed by atoms with Crippen molar-refractivity contribution in [2.45, 2.75) is 58.2 Å². The van der Waals surface area contributed by atoms with Gasteiger partial charge in [0.25, 0.3) is 0 Å². The third-order valence-corrected chi connectivity index (χ3v) is 4.53. The summed E-state index contributed by atoms with van der Waals surface area (Å²) >= 11 is 0. The smallest absolute Gasteiger partial charge is 0.137 e. The summed E-state index contributed by atoms with van der Waals surface area (Å²) in [6.45, 7) is 7.34. The van der Waals surface area contributed by atoms with Crippen molar-refractivity contribution in [1.29, 1.82) is 0 Å². The van der Waals surface area contributed by atoms with Gasteiger partial charge in [0.05, 0.1) is 6.54 Å². The van der Waals surface area contributed by atoms with E-state index in [1.807, 2.05) is 10.9 Å². The first-order valence-electron chi connectivity index (χ1n) is 8.88. The highest BCUT2D eigenvalue weighted by Gasteiger charge is 2.22. The number of nitrogens with zero attached hydrogens (tertiary/aromatic N) is 6. The Kier molecular flexibility index (Phi) is 5.74. The van der Waals surface area contributed by atoms with Gasteiger partial charge in [-0.05, 0) is 26.2 Å². The van der Waals surface area contributed by atoms with E-state index in [2.05, 4.69) is 44.1 Å². The van der Waals surface area contributed by atoms with Crippen LogP contribution in [0.25, 0.3) is 0 Å². The summed E-state index contributed by atoms with van der Waals surface area (Å²) in [5.41, 5.74) is 1.27. The Bertz CT molecular complexity index is 605. The second-order valence-electron chi connectivity index (χ2n) is 6.57. The van der Waals surface area contributed by atoms with Crippen molar-refractivity contribution in [1.82, 2.24) is 30.0 Å². The van der Waals surface area contributed by atoms with Gasteiger partial charge < -0.3 is 10.2 Å². The predicted octanol–water partition coefficient (Wildman–Crippen LogP) is 1.67. The SMILES string of the molecule is CCCc1cncnc1N1CCC(N[C@@H](C)Cn2cncn2)CC1. The Hall–Kier alpha value is -2.02. The first-order chi connectivity index (χ1) is 11.8. The lowest BCUT2D eigenvalue weighted by Crippen LogP contribution is -2.47. The molecule has 1 N–H and O–H groups in total. The molecule has 3 heterocycles. The Labute approximate surface area is 143 Å². The molecule has 2 aromatic rings. The molecule has 0 saturated carbocycles. The summed E-state index contributed by atoms with van der Waals surface area (Å²) in [5, 5.41) is 7.89. The summed E-state index contributed by atoms with van der Waals surface area (Å²) < 4.78 is 1.88. The molecular formula is C17H27N7. The second kappa shape index (κ2) is 8.19. The summed E-state index contributed by atoms with van der Waals surface area (Å²) in [4.78, 5) is 15.1. The molecule has 7 heteroatoms. The number of hydrogen-bond acceptors (Lipinski definition) is 6. The van der Waals surface area contributed by atoms with Gasteiger partial charge in [-0.2, -0.15) is 5.10 Å². The highest BCUT2D eigenvalue weighted by atomic mass is 15.3. The first-order valence-corrected chi connectivity index (χ1v) is 8.88. The molecular weight excluding hydrogens is 302 g/mol. The van der Waals surface area contributed by atoms with Crippen LogP contribution in [0, 0.1) is 0 Å². The number of anilines is 1. The van der Waals surface area contributed by atoms with Crippen molar-refractivity contribution >= 4 is 5.82 Å². The van der Waals surface area contributed by atoms with Crippen LogP contribution in [0.4, 0.5) is 5.82 Å². The van der Waals surface area contributed by atoms with E-state index in [1.165, 1.54) is 5.56 Å². The quantitative estimate of drug-likeness (QED) is 0.833. The first kappa shape index (κ1) is 16.8. The Morgan fingerprint density at radius 1 is 1.25 bits per heavy atom. The van der Waals surface area contributed by atoms with Crippen LogP contribution in [0.2, 0.25) is 0 Å². The fourth-order valence-electron chi connectivity index (χ4n) is 3.40. The van der Waals surface area contributed by atoms with Gasteiger partial charge in [0, 0.05) is 36.9 Å². The molecule has 0 amide bonds. The second-order valence-corrected chi connectivity index (χ2v) is 6.57. The summed E-state index contributed by atoms with van der Waals surface area (Å²) in [6.07, 6.45) is 11.4. The maximum absolute atomic E-state index is 4.53. The van der Waals surface area contributed by atoms with E-state index in [0.29, 0.717) is 12.1 Å². The van der Waals surface area contributed by atoms with Crippen molar-refractivity contribution < 1.29 is 0 Å². The molecule has 7 nitrogen and oxygen atoms in total. The topological polar surface area (TPSA) is 71.8 Å². The number of hydrogen-bond donors (Lipinski definition) is 1. The fraction of sp³-hybridized carbons (Fsp3) is 0.647. The van der Waals surface area contributed by atoms with Gasteiger partial charge in [-0.1, -0.05) is 13.3 Å². The zero-order valence-corrected chi connectivity index (χ0v) is 14.6. The number of rotatable bonds is 7. The van der Waals surface area contributed by atoms with Gasteiger partial charge in [-0.25, -0.2) is 15.0 Å². The van der Waals surface area contributed by atoms with Crippen LogP contribution in [0.1, 0.15) is 38.7 Å². The standard InChI is InChI=1S/C17H27N7/c1-3-4-15-9-18-11-20-17(15)23-7-5-16(6-8-23)22-14(2)10-24-13-19-12-21-24/h9,11-14,16,22H,3-8,10H2,1-2H3/t14-/m0/s1. The monoisotopic (exact) mass is 329 g/mol. The van der Waals surface area contributed by atoms with Crippen LogP contribution < -0.4 is 10.2 Å². The lowest BCUT2D eigenvalue weighted by Gasteiger charge is -2.35. The lowest BCUT2D eigenvalue weighted by molar-refractivity contribution is 0.347. The van der Waals surface area contributed by atoms with E-state index in [1.54, 1.807) is 19.0 Å². The average Bonchev–Trinajstić information content (AvgIpc) is 3.09. The third-order valence-electron chi connectivity index (χ3n) is 4.53. The Morgan fingerprint density at radius 2 is 2.08 bits per heavy atom. The molecule has 24 heavy (non-hydrogen) atoms. The van der Waals surface area contributed by atoms with Crippen molar-refractivity contribution in [3.05, 3.63) is 30.7 Å². The van der Waals surface area contributed by atoms with Gasteiger partial charge in [0.2, 0.25) is 0 Å². The molecule has 1 aliphatic rings. The minimum atomic E-state index is 0.387. The maximum Gasteiger partial charge on any atom is 0.137 e. The van der Waals surface area contributed by atoms with E-state index in [4.69, 9.17) is 0 Å². The van der Waals surface area contributed by atoms with Crippen molar-refractivity contribution in [3.63, 3.8) is 0 Å². The third kappa shape index (κ3) is 4.29. The van der Waals surface area contributed by atoms with Crippen LogP contribution in [-0.4, -0.2) is 49.9 Å². The van der Waals surface area contributed by atoms with Crippen LogP contribution in [-0.2, 0) is 13.0 Å². The molecule has 1 saturated heterocycles. The molecule has 0 spiro atoms. The molecule has 3 rings (SSSR count). The van der Waals surface area contributed by atoms with Crippen LogP contribution in [0.15, 0.2) is 25.2 Å². The Balaban J connectivity index is 1.50. The molecule has 0 aliphatic carbocycles. The minimum Gasteiger partial charge on any atom is -0.356 e. The van der Waals surface area contributed by atoms with Gasteiger partial charge in [0.1, 0.15) is 24.8 Å². The van der Waals surface area contributed by atoms with E-state index >= 15 is 0 Å². The highest BCUT2D eigenvalue weighted by Crippen LogP contribution is 2.22. The van der Waals surface area contributed by atoms with Crippen LogP contribution in [0.5, 0.6) is 0 Å². The van der Waals surface area contributed by atoms with E-state index in [-0.39, 0.29) is 0 Å². The molecule has 1 atom stereocenters. The predicted molar refractivity (Wildman–Crippen MR) is 93.9 cm³/mol. The number of nitrogens with one attached hydrogen (secondary N) is 1. The number of piperidine rings is 1. The number of aryl methyl sites for hydroxylation is 1. The van der Waals surface area contributed by atoms with Crippen molar-refractivity contribution in [3.8, 4) is 0 Å². The molecule has 1 fully saturated rings. The molecule has 130 valence electrons. The molecule has 1 aliphatic heterocycles. The highest BCUT2D eigenvalue weighted by molar-refractivity contribution is 5.45. The van der Waals surface area contributed by atoms with Gasteiger partial charge in [-0.15, -0.1) is 0 Å². The molecule has 0 unspecified atom stereocenters. The molecule has 0 radical (unpaired) electrons. The Morgan fingerprint density at radius 3 is 2.79 bits per heavy atom. The largest absolute Gasteiger partial charge is 0.356 e. The zero-order valence-electron chi connectivity index (χ0n) is 14.6. The maximum atomic E-state index is 4.53. The van der Waals surface area contributed by atoms with E-state index in [0.717, 1.165) is 51.1 Å². The lowest BCUT2D eigenvalue weighted by atomic mass is 10.0. The van der Waals surface area contributed by atoms with Gasteiger partial charge in [-0.3, -0.25) is 4.68 Å². The van der Waals surface area contributed by atoms with E-state index < -0.39 is 0 Å². The molecule has 0 aromatic carbocycles.